The molecule has 0 aliphatic heterocycles. The van der Waals surface area contributed by atoms with Gasteiger partial charge in [-0.25, -0.2) is 0 Å². The maximum Gasteiger partial charge on any atom is 0.122 e. The van der Waals surface area contributed by atoms with Crippen molar-refractivity contribution in [1.82, 2.24) is 0 Å². The zero-order valence-electron chi connectivity index (χ0n) is 5.71. The van der Waals surface area contributed by atoms with E-state index in [0.717, 1.165) is 18.6 Å². The molecule has 0 amide bonds. The van der Waals surface area contributed by atoms with Crippen molar-refractivity contribution in [3.8, 4) is 0 Å². The molecule has 2 nitrogen and oxygen atoms in total. The molecule has 0 heterocycles. The second kappa shape index (κ2) is 6.39. The Bertz CT molecular complexity index is 59.0. The van der Waals surface area contributed by atoms with Crippen LogP contribution >= 0.6 is 11.8 Å². The van der Waals surface area contributed by atoms with E-state index in [1.54, 1.807) is 0 Å². The zero-order chi connectivity index (χ0) is 7.11. The van der Waals surface area contributed by atoms with Gasteiger partial charge in [0.05, 0.1) is 6.61 Å². The Morgan fingerprint density at radius 2 is 2.22 bits per heavy atom. The van der Waals surface area contributed by atoms with E-state index in [9.17, 15) is 0 Å². The molecule has 0 saturated heterocycles. The summed E-state index contributed by atoms with van der Waals surface area (Å²) < 4.78 is 0. The molecular weight excluding hydrogens is 136 g/mol. The number of hydrogen-bond donors (Lipinski definition) is 2. The lowest BCUT2D eigenvalue weighted by Crippen LogP contribution is -2.06. The van der Waals surface area contributed by atoms with Crippen molar-refractivity contribution in [2.75, 3.05) is 12.4 Å². The topological polar surface area (TPSA) is 40.5 Å². The molecule has 9 heavy (non-hydrogen) atoms. The van der Waals surface area contributed by atoms with Crippen LogP contribution in [0.25, 0.3) is 0 Å². The molecular formula is C6H14O2S. The van der Waals surface area contributed by atoms with Gasteiger partial charge in [-0.15, -0.1) is 11.8 Å². The molecule has 0 aliphatic rings. The van der Waals surface area contributed by atoms with Crippen LogP contribution < -0.4 is 0 Å². The second-order valence-corrected chi connectivity index (χ2v) is 3.15. The van der Waals surface area contributed by atoms with Gasteiger partial charge in [0.25, 0.3) is 0 Å². The van der Waals surface area contributed by atoms with Crippen molar-refractivity contribution in [3.05, 3.63) is 0 Å². The molecule has 1 atom stereocenters. The molecule has 0 radical (unpaired) electrons. The van der Waals surface area contributed by atoms with Gasteiger partial charge in [0.2, 0.25) is 0 Å². The minimum atomic E-state index is -0.573. The summed E-state index contributed by atoms with van der Waals surface area (Å²) >= 11 is 1.41. The fourth-order valence-electron chi connectivity index (χ4n) is 0.416. The smallest absolute Gasteiger partial charge is 0.122 e. The maximum atomic E-state index is 8.80. The number of hydrogen-bond acceptors (Lipinski definition) is 3. The molecule has 0 aliphatic carbocycles. The quantitative estimate of drug-likeness (QED) is 0.450. The van der Waals surface area contributed by atoms with Crippen molar-refractivity contribution in [2.45, 2.75) is 25.2 Å². The first kappa shape index (κ1) is 9.27. The van der Waals surface area contributed by atoms with E-state index in [0.29, 0.717) is 0 Å². The van der Waals surface area contributed by atoms with Crippen LogP contribution in [-0.2, 0) is 0 Å². The fourth-order valence-corrected chi connectivity index (χ4v) is 1.25. The summed E-state index contributed by atoms with van der Waals surface area (Å²) in [5.74, 6) is 0.943. The van der Waals surface area contributed by atoms with Gasteiger partial charge in [0.15, 0.2) is 0 Å². The Kier molecular flexibility index (Phi) is 6.58. The Balaban J connectivity index is 2.88. The van der Waals surface area contributed by atoms with Crippen LogP contribution in [0.5, 0.6) is 0 Å². The molecule has 0 rings (SSSR count). The lowest BCUT2D eigenvalue weighted by atomic mass is 10.4. The molecule has 0 spiro atoms. The maximum absolute atomic E-state index is 8.80. The van der Waals surface area contributed by atoms with Gasteiger partial charge >= 0.3 is 0 Å². The van der Waals surface area contributed by atoms with Gasteiger partial charge in [-0.3, -0.25) is 0 Å². The summed E-state index contributed by atoms with van der Waals surface area (Å²) in [6.45, 7) is 1.97. The van der Waals surface area contributed by atoms with Crippen molar-refractivity contribution < 1.29 is 10.2 Å². The molecule has 0 aromatic carbocycles. The Hall–Kier alpha value is 0.270. The minimum Gasteiger partial charge on any atom is -0.393 e. The van der Waals surface area contributed by atoms with E-state index in [2.05, 4.69) is 6.92 Å². The second-order valence-electron chi connectivity index (χ2n) is 1.86. The Morgan fingerprint density at radius 3 is 2.67 bits per heavy atom. The lowest BCUT2D eigenvalue weighted by molar-refractivity contribution is 0.160. The van der Waals surface area contributed by atoms with Crippen LogP contribution in [-0.4, -0.2) is 28.0 Å². The highest BCUT2D eigenvalue weighted by Crippen LogP contribution is 2.08. The molecule has 3 heteroatoms. The Labute approximate surface area is 60.3 Å². The van der Waals surface area contributed by atoms with Gasteiger partial charge in [-0.2, -0.15) is 0 Å². The van der Waals surface area contributed by atoms with Gasteiger partial charge in [-0.1, -0.05) is 13.3 Å². The first-order chi connectivity index (χ1) is 4.31. The standard InChI is InChI=1S/C6H14O2S/c1-2-3-4-9-6(8)5-7/h6-8H,2-5H2,1H3. The molecule has 2 N–H and O–H groups in total. The number of unbranched alkanes of at least 4 members (excludes halogenated alkanes) is 1. The van der Waals surface area contributed by atoms with Crippen LogP contribution in [0, 0.1) is 0 Å². The average molecular weight is 150 g/mol. The SMILES string of the molecule is CCCCSC(O)CO. The summed E-state index contributed by atoms with van der Waals surface area (Å²) in [4.78, 5) is 0. The average Bonchev–Trinajstić information content (AvgIpc) is 1.89. The van der Waals surface area contributed by atoms with Crippen LogP contribution in [0.15, 0.2) is 0 Å². The van der Waals surface area contributed by atoms with E-state index in [1.165, 1.54) is 11.8 Å². The van der Waals surface area contributed by atoms with E-state index >= 15 is 0 Å². The van der Waals surface area contributed by atoms with Crippen molar-refractivity contribution in [2.24, 2.45) is 0 Å². The predicted molar refractivity (Wildman–Crippen MR) is 40.5 cm³/mol. The third-order valence-electron chi connectivity index (χ3n) is 0.964. The summed E-state index contributed by atoms with van der Waals surface area (Å²) in [7, 11) is 0. The lowest BCUT2D eigenvalue weighted by Gasteiger charge is -2.04. The molecule has 0 aromatic heterocycles. The van der Waals surface area contributed by atoms with Crippen LogP contribution in [0.3, 0.4) is 0 Å². The van der Waals surface area contributed by atoms with Crippen molar-refractivity contribution in [3.63, 3.8) is 0 Å². The number of rotatable bonds is 5. The van der Waals surface area contributed by atoms with Crippen molar-refractivity contribution in [1.29, 1.82) is 0 Å². The van der Waals surface area contributed by atoms with E-state index < -0.39 is 5.44 Å². The summed E-state index contributed by atoms with van der Waals surface area (Å²) in [6.07, 6.45) is 2.26. The molecule has 56 valence electrons. The van der Waals surface area contributed by atoms with E-state index in [1.807, 2.05) is 0 Å². The highest BCUT2D eigenvalue weighted by atomic mass is 32.2. The highest BCUT2D eigenvalue weighted by molar-refractivity contribution is 7.99. The highest BCUT2D eigenvalue weighted by Gasteiger charge is 1.99. The summed E-state index contributed by atoms with van der Waals surface area (Å²) in [6, 6.07) is 0. The monoisotopic (exact) mass is 150 g/mol. The van der Waals surface area contributed by atoms with Crippen LogP contribution in [0.1, 0.15) is 19.8 Å². The number of aliphatic hydroxyl groups is 2. The molecule has 0 saturated carbocycles. The van der Waals surface area contributed by atoms with Gasteiger partial charge < -0.3 is 10.2 Å². The molecule has 1 unspecified atom stereocenters. The summed E-state index contributed by atoms with van der Waals surface area (Å²) in [5.41, 5.74) is -0.573. The van der Waals surface area contributed by atoms with Gasteiger partial charge in [0, 0.05) is 0 Å². The van der Waals surface area contributed by atoms with Gasteiger partial charge in [0.1, 0.15) is 5.44 Å². The number of aliphatic hydroxyl groups excluding tert-OH is 2. The predicted octanol–water partition coefficient (Wildman–Crippen LogP) is 0.830. The normalized spacial score (nSPS) is 13.7. The summed E-state index contributed by atoms with van der Waals surface area (Å²) in [5, 5.41) is 17.2. The molecule has 0 fully saturated rings. The van der Waals surface area contributed by atoms with Gasteiger partial charge in [-0.05, 0) is 12.2 Å². The minimum absolute atomic E-state index is 0.131. The van der Waals surface area contributed by atoms with E-state index in [4.69, 9.17) is 10.2 Å². The third kappa shape index (κ3) is 6.15. The zero-order valence-corrected chi connectivity index (χ0v) is 6.52. The number of thioether (sulfide) groups is 1. The third-order valence-corrected chi connectivity index (χ3v) is 2.02. The Morgan fingerprint density at radius 1 is 1.56 bits per heavy atom. The largest absolute Gasteiger partial charge is 0.393 e. The first-order valence-corrected chi connectivity index (χ1v) is 4.26. The first-order valence-electron chi connectivity index (χ1n) is 3.21. The van der Waals surface area contributed by atoms with E-state index in [-0.39, 0.29) is 6.61 Å². The van der Waals surface area contributed by atoms with Crippen molar-refractivity contribution >= 4 is 11.8 Å². The van der Waals surface area contributed by atoms with Crippen LogP contribution in [0.2, 0.25) is 0 Å². The molecule has 0 aromatic rings. The van der Waals surface area contributed by atoms with Crippen LogP contribution in [0.4, 0.5) is 0 Å². The molecule has 0 bridgehead atoms. The fraction of sp³-hybridized carbons (Fsp3) is 1.00.